The minimum absolute atomic E-state index is 0.000760. The highest BCUT2D eigenvalue weighted by Gasteiger charge is 2.39. The summed E-state index contributed by atoms with van der Waals surface area (Å²) in [7, 11) is 0. The van der Waals surface area contributed by atoms with Gasteiger partial charge in [-0.1, -0.05) is 48.0 Å². The molecule has 0 aliphatic carbocycles. The van der Waals surface area contributed by atoms with Crippen molar-refractivity contribution in [1.29, 1.82) is 0 Å². The van der Waals surface area contributed by atoms with E-state index in [0.717, 1.165) is 11.6 Å². The highest BCUT2D eigenvalue weighted by atomic mass is 35.5. The molecule has 1 atom stereocenters. The van der Waals surface area contributed by atoms with E-state index in [2.05, 4.69) is 0 Å². The van der Waals surface area contributed by atoms with E-state index in [4.69, 9.17) is 26.2 Å². The van der Waals surface area contributed by atoms with E-state index >= 15 is 0 Å². The molecular weight excluding hydrogens is 456 g/mol. The van der Waals surface area contributed by atoms with E-state index in [1.54, 1.807) is 24.3 Å². The molecule has 0 radical (unpaired) electrons. The third kappa shape index (κ3) is 4.75. The van der Waals surface area contributed by atoms with E-state index in [0.29, 0.717) is 16.1 Å². The summed E-state index contributed by atoms with van der Waals surface area (Å²) in [6.45, 7) is -0.902. The Balaban J connectivity index is 1.73. The summed E-state index contributed by atoms with van der Waals surface area (Å²) in [4.78, 5) is 25.3. The molecule has 1 amide bonds. The largest absolute Gasteiger partial charge is 0.482 e. The van der Waals surface area contributed by atoms with Crippen molar-refractivity contribution < 1.29 is 33.0 Å². The highest BCUT2D eigenvalue weighted by Crippen LogP contribution is 2.44. The van der Waals surface area contributed by atoms with Gasteiger partial charge < -0.3 is 14.6 Å². The van der Waals surface area contributed by atoms with Crippen molar-refractivity contribution in [2.45, 2.75) is 19.2 Å². The number of hydrogen-bond acceptors (Lipinski definition) is 4. The number of halogens is 3. The maximum Gasteiger partial charge on any atom is 0.411 e. The van der Waals surface area contributed by atoms with Crippen LogP contribution in [0.25, 0.3) is 0 Å². The topological polar surface area (TPSA) is 76.1 Å². The molecule has 6 nitrogen and oxygen atoms in total. The molecule has 1 aliphatic rings. The van der Waals surface area contributed by atoms with Crippen LogP contribution in [0.5, 0.6) is 5.75 Å². The van der Waals surface area contributed by atoms with Gasteiger partial charge in [-0.3, -0.25) is 4.90 Å². The fourth-order valence-corrected chi connectivity index (χ4v) is 3.95. The maximum absolute atomic E-state index is 14.6. The van der Waals surface area contributed by atoms with Gasteiger partial charge in [0.05, 0.1) is 12.6 Å². The monoisotopic (exact) mass is 473 g/mol. The predicted molar refractivity (Wildman–Crippen MR) is 115 cm³/mol. The van der Waals surface area contributed by atoms with Crippen LogP contribution in [0.2, 0.25) is 5.02 Å². The van der Waals surface area contributed by atoms with Crippen LogP contribution in [0, 0.1) is 11.6 Å². The molecule has 3 aromatic rings. The van der Waals surface area contributed by atoms with Gasteiger partial charge in [0.2, 0.25) is 0 Å². The quantitative estimate of drug-likeness (QED) is 0.524. The van der Waals surface area contributed by atoms with Gasteiger partial charge in [-0.05, 0) is 35.4 Å². The molecule has 1 unspecified atom stereocenters. The number of fused-ring (bicyclic) bond motifs is 1. The molecule has 1 heterocycles. The van der Waals surface area contributed by atoms with Crippen molar-refractivity contribution in [3.05, 3.63) is 99.6 Å². The molecule has 0 saturated carbocycles. The van der Waals surface area contributed by atoms with Crippen LogP contribution in [0.4, 0.5) is 13.6 Å². The zero-order chi connectivity index (χ0) is 23.5. The van der Waals surface area contributed by atoms with Crippen molar-refractivity contribution in [2.75, 3.05) is 6.61 Å². The Hall–Kier alpha value is -3.65. The second-order valence-electron chi connectivity index (χ2n) is 7.36. The summed E-state index contributed by atoms with van der Waals surface area (Å²) in [6.07, 6.45) is -0.760. The predicted octanol–water partition coefficient (Wildman–Crippen LogP) is 5.32. The molecule has 0 bridgehead atoms. The first kappa shape index (κ1) is 22.5. The number of benzene rings is 3. The van der Waals surface area contributed by atoms with Crippen LogP contribution in [0.15, 0.2) is 60.7 Å². The summed E-state index contributed by atoms with van der Waals surface area (Å²) in [5.41, 5.74) is 1.41. The third-order valence-corrected chi connectivity index (χ3v) is 5.46. The van der Waals surface area contributed by atoms with Gasteiger partial charge in [0.25, 0.3) is 0 Å². The Morgan fingerprint density at radius 3 is 2.55 bits per heavy atom. The molecule has 0 fully saturated rings. The zero-order valence-corrected chi connectivity index (χ0v) is 17.9. The number of hydrogen-bond donors (Lipinski definition) is 1. The van der Waals surface area contributed by atoms with Crippen LogP contribution in [-0.2, 0) is 22.7 Å². The first-order chi connectivity index (χ1) is 15.8. The van der Waals surface area contributed by atoms with Crippen LogP contribution < -0.4 is 4.74 Å². The molecule has 0 saturated heterocycles. The lowest BCUT2D eigenvalue weighted by atomic mass is 9.97. The molecule has 4 rings (SSSR count). The molecule has 33 heavy (non-hydrogen) atoms. The third-order valence-electron chi connectivity index (χ3n) is 5.22. The molecule has 0 spiro atoms. The summed E-state index contributed by atoms with van der Waals surface area (Å²) < 4.78 is 39.4. The summed E-state index contributed by atoms with van der Waals surface area (Å²) in [6, 6.07) is 14.9. The lowest BCUT2D eigenvalue weighted by molar-refractivity contribution is -0.139. The van der Waals surface area contributed by atoms with Gasteiger partial charge in [-0.2, -0.15) is 0 Å². The molecule has 3 aromatic carbocycles. The van der Waals surface area contributed by atoms with Crippen LogP contribution >= 0.6 is 11.6 Å². The molecular formula is C24H18ClF2NO5. The van der Waals surface area contributed by atoms with Gasteiger partial charge in [0.15, 0.2) is 18.2 Å². The number of carbonyl (C=O) groups excluding carboxylic acids is 1. The minimum Gasteiger partial charge on any atom is -0.482 e. The number of amides is 1. The number of carboxylic acids is 1. The van der Waals surface area contributed by atoms with Crippen LogP contribution in [-0.4, -0.2) is 28.7 Å². The first-order valence-electron chi connectivity index (χ1n) is 9.93. The average Bonchev–Trinajstić information content (AvgIpc) is 3.20. The molecule has 0 aromatic heterocycles. The van der Waals surface area contributed by atoms with E-state index in [1.807, 2.05) is 6.07 Å². The SMILES string of the molecule is O=C(O)COc1ccc(Cl)cc1C1c2ccc(F)c(F)c2CN1C(=O)OCc1ccccc1. The molecule has 170 valence electrons. The number of carboxylic acid groups (broad SMARTS) is 1. The summed E-state index contributed by atoms with van der Waals surface area (Å²) >= 11 is 6.17. The fourth-order valence-electron chi connectivity index (χ4n) is 3.77. The van der Waals surface area contributed by atoms with E-state index in [-0.39, 0.29) is 24.5 Å². The van der Waals surface area contributed by atoms with Gasteiger partial charge in [0.1, 0.15) is 12.4 Å². The van der Waals surface area contributed by atoms with Gasteiger partial charge in [-0.15, -0.1) is 0 Å². The fraction of sp³-hybridized carbons (Fsp3) is 0.167. The van der Waals surface area contributed by atoms with Crippen molar-refractivity contribution in [3.63, 3.8) is 0 Å². The average molecular weight is 474 g/mol. The van der Waals surface area contributed by atoms with Crippen molar-refractivity contribution in [1.82, 2.24) is 4.90 Å². The van der Waals surface area contributed by atoms with Gasteiger partial charge in [-0.25, -0.2) is 18.4 Å². The zero-order valence-electron chi connectivity index (χ0n) is 17.1. The van der Waals surface area contributed by atoms with E-state index in [9.17, 15) is 18.4 Å². The molecule has 1 N–H and O–H groups in total. The number of nitrogens with zero attached hydrogens (tertiary/aromatic N) is 1. The Morgan fingerprint density at radius 2 is 1.82 bits per heavy atom. The highest BCUT2D eigenvalue weighted by molar-refractivity contribution is 6.30. The van der Waals surface area contributed by atoms with Crippen LogP contribution in [0.3, 0.4) is 0 Å². The molecule has 9 heteroatoms. The van der Waals surface area contributed by atoms with E-state index < -0.39 is 36.3 Å². The Kier molecular flexibility index (Phi) is 6.46. The van der Waals surface area contributed by atoms with Crippen molar-refractivity contribution in [2.24, 2.45) is 0 Å². The first-order valence-corrected chi connectivity index (χ1v) is 10.3. The maximum atomic E-state index is 14.6. The van der Waals surface area contributed by atoms with Crippen molar-refractivity contribution >= 4 is 23.7 Å². The minimum atomic E-state index is -1.20. The smallest absolute Gasteiger partial charge is 0.411 e. The van der Waals surface area contributed by atoms with Crippen LogP contribution in [0.1, 0.15) is 28.3 Å². The lowest BCUT2D eigenvalue weighted by Gasteiger charge is -2.26. The van der Waals surface area contributed by atoms with Gasteiger partial charge >= 0.3 is 12.1 Å². The Bertz CT molecular complexity index is 1200. The Labute approximate surface area is 192 Å². The van der Waals surface area contributed by atoms with Gasteiger partial charge in [0, 0.05) is 16.1 Å². The van der Waals surface area contributed by atoms with E-state index in [1.165, 1.54) is 29.2 Å². The Morgan fingerprint density at radius 1 is 1.06 bits per heavy atom. The number of carbonyl (C=O) groups is 2. The lowest BCUT2D eigenvalue weighted by Crippen LogP contribution is -2.31. The summed E-state index contributed by atoms with van der Waals surface area (Å²) in [5.74, 6) is -3.16. The standard InChI is InChI=1S/C24H18ClF2NO5/c25-15-6-9-20(32-13-21(29)30)17(10-15)23-16-7-8-19(26)22(27)18(16)11-28(23)24(31)33-12-14-4-2-1-3-5-14/h1-10,23H,11-13H2,(H,29,30). The normalized spacial score (nSPS) is 14.6. The summed E-state index contributed by atoms with van der Waals surface area (Å²) in [5, 5.41) is 9.29. The number of ether oxygens (including phenoxy) is 2. The number of aliphatic carboxylic acids is 1. The second kappa shape index (κ2) is 9.46. The molecule has 1 aliphatic heterocycles. The van der Waals surface area contributed by atoms with Crippen molar-refractivity contribution in [3.8, 4) is 5.75 Å². The number of rotatable bonds is 6. The second-order valence-corrected chi connectivity index (χ2v) is 7.80.